The summed E-state index contributed by atoms with van der Waals surface area (Å²) in [6.45, 7) is 1.59. The van der Waals surface area contributed by atoms with Crippen molar-refractivity contribution in [3.05, 3.63) is 40.7 Å². The zero-order valence-electron chi connectivity index (χ0n) is 16.4. The van der Waals surface area contributed by atoms with Crippen molar-refractivity contribution >= 4 is 5.91 Å². The molecule has 0 bridgehead atoms. The molecule has 1 amide bonds. The Hall–Kier alpha value is -2.50. The van der Waals surface area contributed by atoms with E-state index in [4.69, 9.17) is 14.6 Å². The summed E-state index contributed by atoms with van der Waals surface area (Å²) < 4.78 is 13.5. The van der Waals surface area contributed by atoms with Gasteiger partial charge in [0, 0.05) is 18.8 Å². The molecule has 5 rings (SSSR count). The Balaban J connectivity index is 1.49. The molecule has 0 atom stereocenters. The van der Waals surface area contributed by atoms with E-state index in [1.54, 1.807) is 0 Å². The zero-order valence-corrected chi connectivity index (χ0v) is 16.4. The van der Waals surface area contributed by atoms with E-state index in [1.165, 1.54) is 30.5 Å². The number of benzene rings is 1. The van der Waals surface area contributed by atoms with Gasteiger partial charge in [0.2, 0.25) is 0 Å². The van der Waals surface area contributed by atoms with Crippen LogP contribution in [-0.2, 0) is 26.4 Å². The molecule has 1 aromatic heterocycles. The predicted octanol–water partition coefficient (Wildman–Crippen LogP) is 3.27. The van der Waals surface area contributed by atoms with Gasteiger partial charge in [0.1, 0.15) is 13.2 Å². The first-order valence-corrected chi connectivity index (χ1v) is 10.5. The standard InChI is InChI=1S/C22H27N3O3/c1-24-19-10-4-8-16(19)18(23-24)14-25(15-6-2-3-7-15)22(26)17-9-5-11-20-21(17)28-13-12-27-20/h5,9,11,15H,2-4,6-8,10,12-14H2,1H3. The minimum absolute atomic E-state index is 0.0339. The van der Waals surface area contributed by atoms with E-state index in [2.05, 4.69) is 0 Å². The van der Waals surface area contributed by atoms with Crippen LogP contribution in [0.15, 0.2) is 18.2 Å². The predicted molar refractivity (Wildman–Crippen MR) is 105 cm³/mol. The van der Waals surface area contributed by atoms with Crippen LogP contribution in [0.1, 0.15) is 59.4 Å². The number of amides is 1. The lowest BCUT2D eigenvalue weighted by atomic mass is 10.1. The van der Waals surface area contributed by atoms with Gasteiger partial charge in [-0.3, -0.25) is 9.48 Å². The van der Waals surface area contributed by atoms with E-state index in [1.807, 2.05) is 34.8 Å². The van der Waals surface area contributed by atoms with E-state index in [0.717, 1.165) is 31.4 Å². The molecule has 0 saturated heterocycles. The summed E-state index contributed by atoms with van der Waals surface area (Å²) in [5.41, 5.74) is 4.37. The third-order valence-electron chi connectivity index (χ3n) is 6.34. The van der Waals surface area contributed by atoms with Gasteiger partial charge in [-0.15, -0.1) is 0 Å². The lowest BCUT2D eigenvalue weighted by Gasteiger charge is -2.30. The topological polar surface area (TPSA) is 56.6 Å². The van der Waals surface area contributed by atoms with Gasteiger partial charge in [0.05, 0.1) is 17.8 Å². The minimum atomic E-state index is 0.0339. The van der Waals surface area contributed by atoms with Crippen LogP contribution in [0.2, 0.25) is 0 Å². The first-order chi connectivity index (χ1) is 13.7. The highest BCUT2D eigenvalue weighted by Crippen LogP contribution is 2.36. The number of aryl methyl sites for hydroxylation is 1. The van der Waals surface area contributed by atoms with Crippen molar-refractivity contribution in [1.29, 1.82) is 0 Å². The van der Waals surface area contributed by atoms with Crippen molar-refractivity contribution in [2.75, 3.05) is 13.2 Å². The van der Waals surface area contributed by atoms with E-state index in [9.17, 15) is 4.79 Å². The smallest absolute Gasteiger partial charge is 0.258 e. The van der Waals surface area contributed by atoms with Crippen LogP contribution in [0.4, 0.5) is 0 Å². The Morgan fingerprint density at radius 2 is 2.00 bits per heavy atom. The van der Waals surface area contributed by atoms with Gasteiger partial charge in [-0.25, -0.2) is 0 Å². The molecular formula is C22H27N3O3. The normalized spacial score (nSPS) is 18.3. The maximum absolute atomic E-state index is 13.7. The van der Waals surface area contributed by atoms with Crippen molar-refractivity contribution in [2.45, 2.75) is 57.5 Å². The molecule has 1 aliphatic heterocycles. The van der Waals surface area contributed by atoms with Gasteiger partial charge in [0.25, 0.3) is 5.91 Å². The SMILES string of the molecule is Cn1nc(CN(C(=O)c2cccc3c2OCCO3)C2CCCC2)c2c1CCC2. The fourth-order valence-electron chi connectivity index (χ4n) is 4.97. The molecule has 6 nitrogen and oxygen atoms in total. The number of fused-ring (bicyclic) bond motifs is 2. The molecule has 0 N–H and O–H groups in total. The van der Waals surface area contributed by atoms with Gasteiger partial charge in [-0.2, -0.15) is 5.10 Å². The van der Waals surface area contributed by atoms with E-state index >= 15 is 0 Å². The van der Waals surface area contributed by atoms with Crippen LogP contribution in [0.25, 0.3) is 0 Å². The number of rotatable bonds is 4. The van der Waals surface area contributed by atoms with E-state index < -0.39 is 0 Å². The quantitative estimate of drug-likeness (QED) is 0.816. The summed E-state index contributed by atoms with van der Waals surface area (Å²) >= 11 is 0. The lowest BCUT2D eigenvalue weighted by molar-refractivity contribution is 0.0651. The molecule has 0 unspecified atom stereocenters. The highest BCUT2D eigenvalue weighted by molar-refractivity contribution is 5.98. The summed E-state index contributed by atoms with van der Waals surface area (Å²) in [5, 5.41) is 4.77. The number of ether oxygens (including phenoxy) is 2. The number of nitrogens with zero attached hydrogens (tertiary/aromatic N) is 3. The Morgan fingerprint density at radius 1 is 1.18 bits per heavy atom. The van der Waals surface area contributed by atoms with E-state index in [0.29, 0.717) is 36.8 Å². The first kappa shape index (κ1) is 17.6. The average molecular weight is 381 g/mol. The Bertz CT molecular complexity index is 899. The fraction of sp³-hybridized carbons (Fsp3) is 0.545. The second-order valence-electron chi connectivity index (χ2n) is 8.05. The zero-order chi connectivity index (χ0) is 19.1. The maximum atomic E-state index is 13.7. The number of carbonyl (C=O) groups excluding carboxylic acids is 1. The fourth-order valence-corrected chi connectivity index (χ4v) is 4.97. The van der Waals surface area contributed by atoms with Crippen LogP contribution in [0, 0.1) is 0 Å². The van der Waals surface area contributed by atoms with Crippen LogP contribution < -0.4 is 9.47 Å². The highest BCUT2D eigenvalue weighted by Gasteiger charge is 2.33. The summed E-state index contributed by atoms with van der Waals surface area (Å²) in [6.07, 6.45) is 7.84. The Kier molecular flexibility index (Phi) is 4.49. The molecule has 2 aromatic rings. The Morgan fingerprint density at radius 3 is 2.86 bits per heavy atom. The van der Waals surface area contributed by atoms with Crippen LogP contribution in [0.3, 0.4) is 0 Å². The molecule has 2 aliphatic carbocycles. The molecule has 0 spiro atoms. The van der Waals surface area contributed by atoms with Crippen LogP contribution in [0.5, 0.6) is 11.5 Å². The molecule has 1 fully saturated rings. The van der Waals surface area contributed by atoms with Gasteiger partial charge in [0.15, 0.2) is 11.5 Å². The van der Waals surface area contributed by atoms with Crippen molar-refractivity contribution in [1.82, 2.24) is 14.7 Å². The third kappa shape index (κ3) is 2.95. The number of hydrogen-bond donors (Lipinski definition) is 0. The van der Waals surface area contributed by atoms with Gasteiger partial charge in [-0.1, -0.05) is 18.9 Å². The third-order valence-corrected chi connectivity index (χ3v) is 6.34. The first-order valence-electron chi connectivity index (χ1n) is 10.5. The minimum Gasteiger partial charge on any atom is -0.486 e. The second-order valence-corrected chi connectivity index (χ2v) is 8.05. The summed E-state index contributed by atoms with van der Waals surface area (Å²) in [6, 6.07) is 5.88. The molecule has 148 valence electrons. The Labute approximate surface area is 165 Å². The summed E-state index contributed by atoms with van der Waals surface area (Å²) in [5.74, 6) is 1.29. The number of carbonyl (C=O) groups is 1. The van der Waals surface area contributed by atoms with Gasteiger partial charge in [-0.05, 0) is 49.8 Å². The molecule has 3 aliphatic rings. The second kappa shape index (κ2) is 7.15. The van der Waals surface area contributed by atoms with Crippen molar-refractivity contribution in [2.24, 2.45) is 7.05 Å². The molecule has 28 heavy (non-hydrogen) atoms. The van der Waals surface area contributed by atoms with Crippen molar-refractivity contribution in [3.8, 4) is 11.5 Å². The van der Waals surface area contributed by atoms with Crippen LogP contribution >= 0.6 is 0 Å². The number of para-hydroxylation sites is 1. The average Bonchev–Trinajstić information content (AvgIpc) is 3.46. The van der Waals surface area contributed by atoms with Crippen molar-refractivity contribution < 1.29 is 14.3 Å². The lowest BCUT2D eigenvalue weighted by Crippen LogP contribution is -2.39. The molecule has 1 aromatic carbocycles. The summed E-state index contributed by atoms with van der Waals surface area (Å²) in [7, 11) is 2.02. The number of aromatic nitrogens is 2. The summed E-state index contributed by atoms with van der Waals surface area (Å²) in [4.78, 5) is 15.7. The molecule has 1 saturated carbocycles. The largest absolute Gasteiger partial charge is 0.486 e. The maximum Gasteiger partial charge on any atom is 0.258 e. The monoisotopic (exact) mass is 381 g/mol. The van der Waals surface area contributed by atoms with Crippen molar-refractivity contribution in [3.63, 3.8) is 0 Å². The van der Waals surface area contributed by atoms with Gasteiger partial charge < -0.3 is 14.4 Å². The molecule has 0 radical (unpaired) electrons. The molecular weight excluding hydrogens is 354 g/mol. The molecule has 2 heterocycles. The van der Waals surface area contributed by atoms with E-state index in [-0.39, 0.29) is 11.9 Å². The highest BCUT2D eigenvalue weighted by atomic mass is 16.6. The molecule has 6 heteroatoms. The van der Waals surface area contributed by atoms with Crippen LogP contribution in [-0.4, -0.2) is 39.8 Å². The number of hydrogen-bond acceptors (Lipinski definition) is 4. The van der Waals surface area contributed by atoms with Gasteiger partial charge >= 0.3 is 0 Å².